The second-order valence-corrected chi connectivity index (χ2v) is 12.4. The molecule has 1 aliphatic heterocycles. The second kappa shape index (κ2) is 9.30. The number of rotatable bonds is 2. The van der Waals surface area contributed by atoms with Crippen LogP contribution in [0.5, 0.6) is 11.5 Å². The first kappa shape index (κ1) is 25.7. The topological polar surface area (TPSA) is 57.4 Å². The highest BCUT2D eigenvalue weighted by atomic mass is 16.6. The van der Waals surface area contributed by atoms with E-state index in [0.717, 1.165) is 72.3 Å². The summed E-state index contributed by atoms with van der Waals surface area (Å²) in [5, 5.41) is 1.99. The summed E-state index contributed by atoms with van der Waals surface area (Å²) >= 11 is 0. The Morgan fingerprint density at radius 2 is 1.21 bits per heavy atom. The molecule has 0 amide bonds. The van der Waals surface area contributed by atoms with Crippen LogP contribution in [-0.4, -0.2) is 9.97 Å². The van der Waals surface area contributed by atoms with Crippen molar-refractivity contribution in [2.75, 3.05) is 0 Å². The fourth-order valence-corrected chi connectivity index (χ4v) is 8.01. The first-order valence-electron chi connectivity index (χ1n) is 16.1. The Hall–Kier alpha value is -6.46. The van der Waals surface area contributed by atoms with Crippen LogP contribution >= 0.6 is 0 Å². The number of nitrogens with zero attached hydrogens (tertiary/aromatic N) is 2. The van der Waals surface area contributed by atoms with Gasteiger partial charge in [0.1, 0.15) is 16.8 Å². The van der Waals surface area contributed by atoms with Gasteiger partial charge in [0.2, 0.25) is 0 Å². The van der Waals surface area contributed by atoms with Gasteiger partial charge < -0.3 is 13.9 Å². The van der Waals surface area contributed by atoms with E-state index >= 15 is 0 Å². The fraction of sp³-hybridized carbons (Fsp3) is 0.0233. The third kappa shape index (κ3) is 3.20. The highest BCUT2D eigenvalue weighted by molar-refractivity contribution is 6.03. The van der Waals surface area contributed by atoms with Gasteiger partial charge >= 0.3 is 0 Å². The molecule has 0 saturated heterocycles. The van der Waals surface area contributed by atoms with E-state index in [-0.39, 0.29) is 0 Å². The number of benzene rings is 6. The lowest BCUT2D eigenvalue weighted by Gasteiger charge is -2.32. The zero-order chi connectivity index (χ0) is 31.4. The lowest BCUT2D eigenvalue weighted by molar-refractivity contribution is 0.306. The third-order valence-electron chi connectivity index (χ3n) is 9.94. The van der Waals surface area contributed by atoms with Gasteiger partial charge in [-0.15, -0.1) is 0 Å². The molecule has 1 atom stereocenters. The van der Waals surface area contributed by atoms with E-state index in [9.17, 15) is 0 Å². The molecule has 3 aliphatic rings. The molecule has 224 valence electrons. The van der Waals surface area contributed by atoms with Crippen molar-refractivity contribution in [3.8, 4) is 45.3 Å². The van der Waals surface area contributed by atoms with Gasteiger partial charge in [-0.1, -0.05) is 121 Å². The molecule has 2 aromatic heterocycles. The lowest BCUT2D eigenvalue weighted by Crippen LogP contribution is -2.31. The van der Waals surface area contributed by atoms with Crippen LogP contribution in [0.4, 0.5) is 0 Å². The van der Waals surface area contributed by atoms with Crippen LogP contribution in [0.2, 0.25) is 0 Å². The Morgan fingerprint density at radius 3 is 2.10 bits per heavy atom. The molecule has 5 heteroatoms. The monoisotopic (exact) mass is 616 g/mol. The molecule has 1 spiro atoms. The average molecular weight is 617 g/mol. The van der Waals surface area contributed by atoms with Gasteiger partial charge in [-0.2, -0.15) is 0 Å². The minimum Gasteiger partial charge on any atom is -0.458 e. The van der Waals surface area contributed by atoms with E-state index in [4.69, 9.17) is 23.9 Å². The Morgan fingerprint density at radius 1 is 0.521 bits per heavy atom. The van der Waals surface area contributed by atoms with Gasteiger partial charge in [0.15, 0.2) is 28.8 Å². The van der Waals surface area contributed by atoms with E-state index in [1.54, 1.807) is 0 Å². The molecule has 8 aromatic rings. The largest absolute Gasteiger partial charge is 0.458 e. The Bertz CT molecular complexity index is 2690. The SMILES string of the molecule is c1ccc(-c2nc(-c3cccc4c3C3(C5=C(Oc6ccccc6O5)c5c3oc3ccccc53)c3ccccc3-4)nc3ccccc23)cc1. The van der Waals surface area contributed by atoms with E-state index in [2.05, 4.69) is 72.8 Å². The van der Waals surface area contributed by atoms with Crippen molar-refractivity contribution < 1.29 is 13.9 Å². The maximum absolute atomic E-state index is 7.01. The van der Waals surface area contributed by atoms with Crippen LogP contribution in [0.1, 0.15) is 22.5 Å². The lowest BCUT2D eigenvalue weighted by atomic mass is 9.74. The summed E-state index contributed by atoms with van der Waals surface area (Å²) in [6.07, 6.45) is 0. The molecular formula is C43H24N2O3. The minimum absolute atomic E-state index is 0.639. The van der Waals surface area contributed by atoms with Crippen molar-refractivity contribution in [1.29, 1.82) is 0 Å². The highest BCUT2D eigenvalue weighted by Gasteiger charge is 2.61. The molecule has 1 unspecified atom stereocenters. The Labute approximate surface area is 275 Å². The number of aromatic nitrogens is 2. The van der Waals surface area contributed by atoms with Crippen LogP contribution in [-0.2, 0) is 5.41 Å². The minimum atomic E-state index is -0.957. The average Bonchev–Trinajstić information content (AvgIpc) is 3.77. The van der Waals surface area contributed by atoms with E-state index in [0.29, 0.717) is 28.8 Å². The summed E-state index contributed by atoms with van der Waals surface area (Å²) < 4.78 is 20.8. The summed E-state index contributed by atoms with van der Waals surface area (Å²) in [4.78, 5) is 10.6. The molecule has 3 heterocycles. The van der Waals surface area contributed by atoms with Gasteiger partial charge in [-0.05, 0) is 46.5 Å². The summed E-state index contributed by atoms with van der Waals surface area (Å²) in [7, 11) is 0. The first-order chi connectivity index (χ1) is 23.8. The standard InChI is InChI=1S/C43H24N2O3/c1-2-13-25(14-3-1)38-28-16-5-8-21-32(28)44-42(45-38)30-19-12-18-27-26-15-4-7-20-31(26)43(37(27)30)40-36(29-17-6-9-22-33(29)47-40)39-41(43)48-35-24-11-10-23-34(35)46-39/h1-24H. The molecule has 48 heavy (non-hydrogen) atoms. The Kier molecular flexibility index (Phi) is 4.98. The number of fused-ring (bicyclic) bond motifs is 13. The van der Waals surface area contributed by atoms with E-state index in [1.165, 1.54) is 0 Å². The third-order valence-corrected chi connectivity index (χ3v) is 9.94. The molecule has 0 fully saturated rings. The number of para-hydroxylation sites is 4. The molecule has 0 bridgehead atoms. The van der Waals surface area contributed by atoms with Crippen molar-refractivity contribution in [3.63, 3.8) is 0 Å². The number of ether oxygens (including phenoxy) is 2. The number of hydrogen-bond donors (Lipinski definition) is 0. The molecule has 0 saturated carbocycles. The van der Waals surface area contributed by atoms with Gasteiger partial charge in [0.05, 0.1) is 16.8 Å². The van der Waals surface area contributed by atoms with E-state index < -0.39 is 5.41 Å². The van der Waals surface area contributed by atoms with Crippen molar-refractivity contribution >= 4 is 27.6 Å². The smallest absolute Gasteiger partial charge is 0.179 e. The zero-order valence-corrected chi connectivity index (χ0v) is 25.5. The van der Waals surface area contributed by atoms with Crippen LogP contribution in [0.15, 0.2) is 156 Å². The summed E-state index contributed by atoms with van der Waals surface area (Å²) in [5.74, 6) is 4.14. The number of allylic oxidation sites excluding steroid dienone is 1. The maximum atomic E-state index is 7.01. The van der Waals surface area contributed by atoms with Crippen LogP contribution < -0.4 is 9.47 Å². The van der Waals surface area contributed by atoms with Crippen LogP contribution in [0, 0.1) is 0 Å². The van der Waals surface area contributed by atoms with Gasteiger partial charge in [-0.25, -0.2) is 9.97 Å². The van der Waals surface area contributed by atoms with Gasteiger partial charge in [0, 0.05) is 21.9 Å². The quantitative estimate of drug-likeness (QED) is 0.193. The second-order valence-electron chi connectivity index (χ2n) is 12.4. The zero-order valence-electron chi connectivity index (χ0n) is 25.5. The normalized spacial score (nSPS) is 16.7. The molecule has 0 radical (unpaired) electrons. The molecule has 0 N–H and O–H groups in total. The van der Waals surface area contributed by atoms with Crippen molar-refractivity contribution in [1.82, 2.24) is 9.97 Å². The predicted molar refractivity (Wildman–Crippen MR) is 187 cm³/mol. The summed E-state index contributed by atoms with van der Waals surface area (Å²) in [5.41, 5.74) is 8.77. The van der Waals surface area contributed by atoms with Crippen molar-refractivity contribution in [2.24, 2.45) is 0 Å². The highest BCUT2D eigenvalue weighted by Crippen LogP contribution is 2.66. The molecule has 11 rings (SSSR count). The first-order valence-corrected chi connectivity index (χ1v) is 16.1. The molecule has 5 nitrogen and oxygen atoms in total. The maximum Gasteiger partial charge on any atom is 0.179 e. The molecule has 2 aliphatic carbocycles. The summed E-state index contributed by atoms with van der Waals surface area (Å²) in [6.45, 7) is 0. The predicted octanol–water partition coefficient (Wildman–Crippen LogP) is 10.2. The van der Waals surface area contributed by atoms with Crippen LogP contribution in [0.25, 0.3) is 61.4 Å². The van der Waals surface area contributed by atoms with E-state index in [1.807, 2.05) is 72.8 Å². The number of hydrogen-bond acceptors (Lipinski definition) is 5. The number of furan rings is 1. The molecule has 6 aromatic carbocycles. The van der Waals surface area contributed by atoms with Crippen molar-refractivity contribution in [3.05, 3.63) is 174 Å². The summed E-state index contributed by atoms with van der Waals surface area (Å²) in [6, 6.07) is 49.5. The molecular weight excluding hydrogens is 592 g/mol. The fourth-order valence-electron chi connectivity index (χ4n) is 8.01. The van der Waals surface area contributed by atoms with Gasteiger partial charge in [0.25, 0.3) is 0 Å². The van der Waals surface area contributed by atoms with Crippen LogP contribution in [0.3, 0.4) is 0 Å². The van der Waals surface area contributed by atoms with Crippen molar-refractivity contribution in [2.45, 2.75) is 5.41 Å². The Balaban J connectivity index is 1.28. The van der Waals surface area contributed by atoms with Gasteiger partial charge in [-0.3, -0.25) is 0 Å².